The van der Waals surface area contributed by atoms with Gasteiger partial charge in [0, 0.05) is 6.16 Å². The van der Waals surface area contributed by atoms with Gasteiger partial charge in [-0.05, 0) is 88.5 Å². The van der Waals surface area contributed by atoms with Crippen LogP contribution in [0.5, 0.6) is 23.0 Å². The standard InChI is InChI=1S/C30H53F2O5P.C26H45F2O5P/c1-5-8-9-17-20-26(4)25-35-28-22-21-27(29(31)30(28)32)34-23-18-15-13-11-10-12-14-16-19-24-38(33,36-6-2)37-7-3;1-3-4-5-13-16-22(2)21-33-24-18-17-23(25(27)26(24)28)32-19-14-11-9-7-6-8-10-12-15-20-34(29,30)31/h21-22,26H,5-20,23-25H2,1-4H3;17-18,22H,3-16,19-21H2,1-2H3,(H2,29,30,31). The molecule has 2 rings (SSSR count). The van der Waals surface area contributed by atoms with E-state index in [0.717, 1.165) is 135 Å². The Morgan fingerprint density at radius 1 is 0.417 bits per heavy atom. The van der Waals surface area contributed by atoms with Crippen molar-refractivity contribution in [1.82, 2.24) is 0 Å². The molecule has 2 N–H and O–H groups in total. The van der Waals surface area contributed by atoms with Crippen molar-refractivity contribution in [2.45, 2.75) is 221 Å². The van der Waals surface area contributed by atoms with Crippen molar-refractivity contribution in [3.63, 3.8) is 0 Å². The summed E-state index contributed by atoms with van der Waals surface area (Å²) in [5.41, 5.74) is 0. The Morgan fingerprint density at radius 3 is 1.03 bits per heavy atom. The number of hydrogen-bond acceptors (Lipinski definition) is 8. The summed E-state index contributed by atoms with van der Waals surface area (Å²) in [5, 5.41) is 0. The highest BCUT2D eigenvalue weighted by Crippen LogP contribution is 2.48. The number of unbranched alkanes of at least 4 members (excludes halogenated alkanes) is 22. The Hall–Kier alpha value is -2.34. The molecule has 2 aromatic rings. The molecule has 0 bridgehead atoms. The second-order valence-corrected chi connectivity index (χ2v) is 23.5. The largest absolute Gasteiger partial charge is 0.490 e. The average molecular weight is 1070 g/mol. The average Bonchev–Trinajstić information content (AvgIpc) is 3.34. The Kier molecular flexibility index (Phi) is 40.3. The molecule has 0 saturated heterocycles. The minimum absolute atomic E-state index is 0.0222. The molecular formula is C56H98F4O10P2. The number of ether oxygens (including phenoxy) is 4. The zero-order chi connectivity index (χ0) is 53.3. The van der Waals surface area contributed by atoms with Crippen LogP contribution in [0.25, 0.3) is 0 Å². The Labute approximate surface area is 433 Å². The van der Waals surface area contributed by atoms with Gasteiger partial charge in [-0.25, -0.2) is 0 Å². The summed E-state index contributed by atoms with van der Waals surface area (Å²) in [5.74, 6) is -3.58. The van der Waals surface area contributed by atoms with Crippen molar-refractivity contribution in [3.05, 3.63) is 47.5 Å². The maximum Gasteiger partial charge on any atom is 0.330 e. The summed E-state index contributed by atoms with van der Waals surface area (Å²) in [6.45, 7) is 14.4. The first-order valence-corrected chi connectivity index (χ1v) is 31.5. The van der Waals surface area contributed by atoms with Gasteiger partial charge in [-0.1, -0.05) is 169 Å². The molecule has 2 atom stereocenters. The second-order valence-electron chi connectivity index (χ2n) is 19.5. The maximum absolute atomic E-state index is 14.4. The fourth-order valence-electron chi connectivity index (χ4n) is 8.17. The molecule has 0 saturated carbocycles. The van der Waals surface area contributed by atoms with Gasteiger partial charge in [-0.15, -0.1) is 0 Å². The van der Waals surface area contributed by atoms with Crippen molar-refractivity contribution in [3.8, 4) is 23.0 Å². The van der Waals surface area contributed by atoms with Crippen molar-refractivity contribution >= 4 is 15.2 Å². The van der Waals surface area contributed by atoms with Crippen LogP contribution >= 0.6 is 15.2 Å². The van der Waals surface area contributed by atoms with Crippen LogP contribution in [0.15, 0.2) is 24.3 Å². The van der Waals surface area contributed by atoms with Crippen molar-refractivity contribution in [2.75, 3.05) is 52.0 Å². The molecule has 2 unspecified atom stereocenters. The molecule has 420 valence electrons. The van der Waals surface area contributed by atoms with Gasteiger partial charge in [0.25, 0.3) is 0 Å². The van der Waals surface area contributed by atoms with E-state index in [1.165, 1.54) is 62.8 Å². The Bertz CT molecular complexity index is 1720. The Morgan fingerprint density at radius 2 is 0.708 bits per heavy atom. The predicted octanol–water partition coefficient (Wildman–Crippen LogP) is 18.1. The van der Waals surface area contributed by atoms with Gasteiger partial charge in [0.15, 0.2) is 23.0 Å². The molecule has 0 heterocycles. The van der Waals surface area contributed by atoms with Gasteiger partial charge in [-0.3, -0.25) is 9.13 Å². The SMILES string of the molecule is CCCCCCC(C)COc1ccc(OCCCCCCCCCCCP(=O)(O)O)c(F)c1F.CCCCCCC(C)COc1ccc(OCCCCCCCCCCCP(=O)(OCC)OCC)c(F)c1F. The van der Waals surface area contributed by atoms with Gasteiger partial charge in [0.2, 0.25) is 23.3 Å². The summed E-state index contributed by atoms with van der Waals surface area (Å²) in [7, 11) is -6.75. The van der Waals surface area contributed by atoms with E-state index in [0.29, 0.717) is 64.1 Å². The summed E-state index contributed by atoms with van der Waals surface area (Å²) in [6.07, 6.45) is 29.8. The van der Waals surface area contributed by atoms with E-state index in [9.17, 15) is 26.7 Å². The number of halogens is 4. The van der Waals surface area contributed by atoms with Crippen molar-refractivity contribution in [1.29, 1.82) is 0 Å². The molecule has 0 spiro atoms. The summed E-state index contributed by atoms with van der Waals surface area (Å²) >= 11 is 0. The minimum Gasteiger partial charge on any atom is -0.490 e. The quantitative estimate of drug-likeness (QED) is 0.0375. The Balaban J connectivity index is 0.000000724. The monoisotopic (exact) mass is 1070 g/mol. The van der Waals surface area contributed by atoms with Crippen molar-refractivity contribution < 1.29 is 64.5 Å². The maximum atomic E-state index is 14.4. The van der Waals surface area contributed by atoms with Crippen LogP contribution in [0.3, 0.4) is 0 Å². The van der Waals surface area contributed by atoms with E-state index in [1.54, 1.807) is 0 Å². The van der Waals surface area contributed by atoms with E-state index in [1.807, 2.05) is 13.8 Å². The van der Waals surface area contributed by atoms with E-state index < -0.39 is 38.5 Å². The van der Waals surface area contributed by atoms with Gasteiger partial charge in [-0.2, -0.15) is 17.6 Å². The molecule has 0 amide bonds. The third-order valence-electron chi connectivity index (χ3n) is 12.5. The van der Waals surface area contributed by atoms with Crippen molar-refractivity contribution in [2.24, 2.45) is 11.8 Å². The molecule has 0 aliphatic carbocycles. The molecule has 0 fully saturated rings. The van der Waals surface area contributed by atoms with Crippen LogP contribution in [-0.4, -0.2) is 61.8 Å². The van der Waals surface area contributed by atoms with E-state index >= 15 is 0 Å². The fourth-order valence-corrected chi connectivity index (χ4v) is 10.5. The predicted molar refractivity (Wildman–Crippen MR) is 286 cm³/mol. The second kappa shape index (κ2) is 42.8. The number of benzene rings is 2. The lowest BCUT2D eigenvalue weighted by molar-refractivity contribution is 0.219. The van der Waals surface area contributed by atoms with Crippen LogP contribution in [-0.2, 0) is 18.2 Å². The molecule has 0 radical (unpaired) electrons. The third-order valence-corrected chi connectivity index (χ3v) is 15.6. The highest BCUT2D eigenvalue weighted by atomic mass is 31.2. The highest BCUT2D eigenvalue weighted by Gasteiger charge is 2.23. The first kappa shape index (κ1) is 67.7. The molecule has 0 aromatic heterocycles. The van der Waals surface area contributed by atoms with Crippen LogP contribution in [0.1, 0.15) is 221 Å². The smallest absolute Gasteiger partial charge is 0.330 e. The topological polar surface area (TPSA) is 130 Å². The van der Waals surface area contributed by atoms with E-state index in [4.69, 9.17) is 37.8 Å². The number of rotatable bonds is 46. The summed E-state index contributed by atoms with van der Waals surface area (Å²) in [4.78, 5) is 17.6. The van der Waals surface area contributed by atoms with Gasteiger partial charge in [0.05, 0.1) is 45.8 Å². The van der Waals surface area contributed by atoms with Gasteiger partial charge < -0.3 is 37.8 Å². The van der Waals surface area contributed by atoms with Crippen LogP contribution < -0.4 is 18.9 Å². The first-order chi connectivity index (χ1) is 34.6. The fraction of sp³-hybridized carbons (Fsp3) is 0.786. The zero-order valence-corrected chi connectivity index (χ0v) is 47.3. The first-order valence-electron chi connectivity index (χ1n) is 28.0. The lowest BCUT2D eigenvalue weighted by atomic mass is 10.0. The molecule has 10 nitrogen and oxygen atoms in total. The van der Waals surface area contributed by atoms with E-state index in [2.05, 4.69) is 27.7 Å². The summed E-state index contributed by atoms with van der Waals surface area (Å²) < 4.78 is 113. The molecule has 16 heteroatoms. The lowest BCUT2D eigenvalue weighted by Crippen LogP contribution is -2.10. The molecule has 2 aromatic carbocycles. The third kappa shape index (κ3) is 34.3. The molecule has 0 aliphatic heterocycles. The normalized spacial score (nSPS) is 12.6. The highest BCUT2D eigenvalue weighted by molar-refractivity contribution is 7.53. The molecular weight excluding hydrogens is 971 g/mol. The lowest BCUT2D eigenvalue weighted by Gasteiger charge is -2.16. The summed E-state index contributed by atoms with van der Waals surface area (Å²) in [6, 6.07) is 5.80. The molecule has 72 heavy (non-hydrogen) atoms. The number of hydrogen-bond donors (Lipinski definition) is 2. The van der Waals surface area contributed by atoms with Crippen LogP contribution in [0.4, 0.5) is 17.6 Å². The van der Waals surface area contributed by atoms with Crippen LogP contribution in [0, 0.1) is 35.1 Å². The van der Waals surface area contributed by atoms with Gasteiger partial charge >= 0.3 is 15.2 Å². The minimum atomic E-state index is -3.85. The zero-order valence-electron chi connectivity index (χ0n) is 45.5. The van der Waals surface area contributed by atoms with Crippen LogP contribution in [0.2, 0.25) is 0 Å². The van der Waals surface area contributed by atoms with E-state index in [-0.39, 0.29) is 29.2 Å². The molecule has 0 aliphatic rings. The van der Waals surface area contributed by atoms with Gasteiger partial charge in [0.1, 0.15) is 0 Å².